The number of carbonyl (C=O) groups excluding carboxylic acids is 1. The van der Waals surface area contributed by atoms with Gasteiger partial charge in [0.25, 0.3) is 0 Å². The lowest BCUT2D eigenvalue weighted by Gasteiger charge is -2.19. The van der Waals surface area contributed by atoms with Crippen LogP contribution in [0.3, 0.4) is 0 Å². The van der Waals surface area contributed by atoms with E-state index in [4.69, 9.17) is 10.00 Å². The fourth-order valence-electron chi connectivity index (χ4n) is 1.41. The Bertz CT molecular complexity index is 421. The number of benzene rings is 1. The molecule has 0 bridgehead atoms. The second kappa shape index (κ2) is 5.49. The molecule has 1 aromatic rings. The summed E-state index contributed by atoms with van der Waals surface area (Å²) >= 11 is 0. The number of nitrogens with zero attached hydrogens (tertiary/aromatic N) is 1. The molecule has 1 rings (SSSR count). The summed E-state index contributed by atoms with van der Waals surface area (Å²) in [6, 6.07) is 9.53. The van der Waals surface area contributed by atoms with Crippen LogP contribution in [0.4, 0.5) is 0 Å². The van der Waals surface area contributed by atoms with Gasteiger partial charge in [-0.15, -0.1) is 0 Å². The van der Waals surface area contributed by atoms with E-state index in [1.54, 1.807) is 0 Å². The molecular formula is C14H17NO2. The first-order chi connectivity index (χ1) is 7.90. The molecule has 0 aromatic heterocycles. The summed E-state index contributed by atoms with van der Waals surface area (Å²) in [6.45, 7) is 5.54. The van der Waals surface area contributed by atoms with E-state index in [-0.39, 0.29) is 12.4 Å². The predicted molar refractivity (Wildman–Crippen MR) is 65.3 cm³/mol. The van der Waals surface area contributed by atoms with Crippen LogP contribution < -0.4 is 0 Å². The number of hydrogen-bond donors (Lipinski definition) is 0. The van der Waals surface area contributed by atoms with Crippen LogP contribution in [0.25, 0.3) is 0 Å². The van der Waals surface area contributed by atoms with Crippen molar-refractivity contribution in [3.63, 3.8) is 0 Å². The fourth-order valence-corrected chi connectivity index (χ4v) is 1.41. The molecule has 3 nitrogen and oxygen atoms in total. The lowest BCUT2D eigenvalue weighted by molar-refractivity contribution is -0.153. The van der Waals surface area contributed by atoms with Crippen molar-refractivity contribution in [2.45, 2.75) is 39.2 Å². The largest absolute Gasteiger partial charge is 0.460 e. The van der Waals surface area contributed by atoms with Gasteiger partial charge in [-0.05, 0) is 31.9 Å². The van der Waals surface area contributed by atoms with Gasteiger partial charge in [-0.3, -0.25) is 4.79 Å². The van der Waals surface area contributed by atoms with E-state index >= 15 is 0 Å². The molecule has 0 aliphatic heterocycles. The molecule has 0 fully saturated rings. The highest BCUT2D eigenvalue weighted by atomic mass is 16.6. The highest BCUT2D eigenvalue weighted by molar-refractivity contribution is 5.73. The van der Waals surface area contributed by atoms with Crippen molar-refractivity contribution in [1.82, 2.24) is 0 Å². The van der Waals surface area contributed by atoms with E-state index < -0.39 is 5.60 Å². The molecule has 0 aliphatic rings. The third-order valence-corrected chi connectivity index (χ3v) is 2.07. The average Bonchev–Trinajstić information content (AvgIpc) is 2.18. The van der Waals surface area contributed by atoms with Crippen molar-refractivity contribution in [2.24, 2.45) is 0 Å². The van der Waals surface area contributed by atoms with Crippen molar-refractivity contribution in [1.29, 1.82) is 5.26 Å². The molecule has 0 heterocycles. The van der Waals surface area contributed by atoms with Gasteiger partial charge in [0.2, 0.25) is 0 Å². The summed E-state index contributed by atoms with van der Waals surface area (Å²) in [5, 5.41) is 8.54. The average molecular weight is 231 g/mol. The maximum absolute atomic E-state index is 11.6. The van der Waals surface area contributed by atoms with Gasteiger partial charge in [0.05, 0.1) is 18.9 Å². The molecule has 0 radical (unpaired) electrons. The monoisotopic (exact) mass is 231 g/mol. The summed E-state index contributed by atoms with van der Waals surface area (Å²) in [4.78, 5) is 11.6. The minimum Gasteiger partial charge on any atom is -0.460 e. The van der Waals surface area contributed by atoms with E-state index in [2.05, 4.69) is 6.07 Å². The topological polar surface area (TPSA) is 50.1 Å². The maximum atomic E-state index is 11.6. The molecule has 90 valence electrons. The van der Waals surface area contributed by atoms with Crippen LogP contribution >= 0.6 is 0 Å². The van der Waals surface area contributed by atoms with Gasteiger partial charge >= 0.3 is 5.97 Å². The first-order valence-electron chi connectivity index (χ1n) is 5.57. The lowest BCUT2D eigenvalue weighted by Crippen LogP contribution is -2.24. The van der Waals surface area contributed by atoms with Crippen molar-refractivity contribution in [2.75, 3.05) is 0 Å². The highest BCUT2D eigenvalue weighted by Crippen LogP contribution is 2.11. The van der Waals surface area contributed by atoms with Crippen molar-refractivity contribution in [3.05, 3.63) is 35.4 Å². The van der Waals surface area contributed by atoms with E-state index in [0.717, 1.165) is 11.1 Å². The van der Waals surface area contributed by atoms with Crippen molar-refractivity contribution >= 4 is 5.97 Å². The molecule has 0 aliphatic carbocycles. The standard InChI is InChI=1S/C14H17NO2/c1-14(2,3)17-13(16)10-12-6-4-11(5-7-12)8-9-15/h4-7H,8,10H2,1-3H3. The third-order valence-electron chi connectivity index (χ3n) is 2.07. The molecule has 0 saturated heterocycles. The smallest absolute Gasteiger partial charge is 0.310 e. The normalized spacial score (nSPS) is 10.7. The summed E-state index contributed by atoms with van der Waals surface area (Å²) in [7, 11) is 0. The molecule has 0 spiro atoms. The van der Waals surface area contributed by atoms with Crippen LogP contribution in [0.5, 0.6) is 0 Å². The van der Waals surface area contributed by atoms with Gasteiger partial charge in [0.15, 0.2) is 0 Å². The van der Waals surface area contributed by atoms with Crippen molar-refractivity contribution < 1.29 is 9.53 Å². The first-order valence-corrected chi connectivity index (χ1v) is 5.57. The molecule has 3 heteroatoms. The summed E-state index contributed by atoms with van der Waals surface area (Å²) in [5.41, 5.74) is 1.42. The zero-order chi connectivity index (χ0) is 12.9. The predicted octanol–water partition coefficient (Wildman–Crippen LogP) is 2.64. The van der Waals surface area contributed by atoms with Gasteiger partial charge in [-0.2, -0.15) is 5.26 Å². The van der Waals surface area contributed by atoms with Crippen molar-refractivity contribution in [3.8, 4) is 6.07 Å². The van der Waals surface area contributed by atoms with Crippen LogP contribution in [0.15, 0.2) is 24.3 Å². The van der Waals surface area contributed by atoms with Crippen LogP contribution in [-0.4, -0.2) is 11.6 Å². The number of rotatable bonds is 3. The van der Waals surface area contributed by atoms with Crippen LogP contribution in [0, 0.1) is 11.3 Å². The highest BCUT2D eigenvalue weighted by Gasteiger charge is 2.16. The Kier molecular flexibility index (Phi) is 4.28. The first kappa shape index (κ1) is 13.2. The number of ether oxygens (including phenoxy) is 1. The number of esters is 1. The Balaban J connectivity index is 2.58. The summed E-state index contributed by atoms with van der Waals surface area (Å²) in [6.07, 6.45) is 0.664. The van der Waals surface area contributed by atoms with Gasteiger partial charge in [-0.1, -0.05) is 24.3 Å². The van der Waals surface area contributed by atoms with Gasteiger partial charge in [-0.25, -0.2) is 0 Å². The van der Waals surface area contributed by atoms with Crippen LogP contribution in [0.1, 0.15) is 31.9 Å². The Labute approximate surface area is 102 Å². The Morgan fingerprint density at radius 1 is 1.24 bits per heavy atom. The van der Waals surface area contributed by atoms with E-state index in [0.29, 0.717) is 6.42 Å². The molecular weight excluding hydrogens is 214 g/mol. The van der Waals surface area contributed by atoms with Crippen LogP contribution in [-0.2, 0) is 22.4 Å². The van der Waals surface area contributed by atoms with Gasteiger partial charge in [0.1, 0.15) is 5.60 Å². The lowest BCUT2D eigenvalue weighted by atomic mass is 10.1. The number of nitriles is 1. The van der Waals surface area contributed by atoms with Gasteiger partial charge < -0.3 is 4.74 Å². The zero-order valence-corrected chi connectivity index (χ0v) is 10.5. The number of hydrogen-bond acceptors (Lipinski definition) is 3. The third kappa shape index (κ3) is 5.17. The zero-order valence-electron chi connectivity index (χ0n) is 10.5. The Hall–Kier alpha value is -1.82. The molecule has 0 N–H and O–H groups in total. The van der Waals surface area contributed by atoms with Crippen LogP contribution in [0.2, 0.25) is 0 Å². The summed E-state index contributed by atoms with van der Waals surface area (Å²) in [5.74, 6) is -0.231. The minimum absolute atomic E-state index is 0.231. The van der Waals surface area contributed by atoms with E-state index in [1.165, 1.54) is 0 Å². The molecule has 0 saturated carbocycles. The molecule has 0 atom stereocenters. The minimum atomic E-state index is -0.447. The Morgan fingerprint density at radius 2 is 1.76 bits per heavy atom. The molecule has 0 unspecified atom stereocenters. The quantitative estimate of drug-likeness (QED) is 0.751. The molecule has 1 aromatic carbocycles. The van der Waals surface area contributed by atoms with Gasteiger partial charge in [0, 0.05) is 0 Å². The Morgan fingerprint density at radius 3 is 2.24 bits per heavy atom. The second-order valence-electron chi connectivity index (χ2n) is 4.91. The fraction of sp³-hybridized carbons (Fsp3) is 0.429. The van der Waals surface area contributed by atoms with E-state index in [1.807, 2.05) is 45.0 Å². The SMILES string of the molecule is CC(C)(C)OC(=O)Cc1ccc(CC#N)cc1. The van der Waals surface area contributed by atoms with E-state index in [9.17, 15) is 4.79 Å². The molecule has 0 amide bonds. The molecule has 17 heavy (non-hydrogen) atoms. The summed E-state index contributed by atoms with van der Waals surface area (Å²) < 4.78 is 5.23. The number of carbonyl (C=O) groups is 1. The maximum Gasteiger partial charge on any atom is 0.310 e. The second-order valence-corrected chi connectivity index (χ2v) is 4.91.